The van der Waals surface area contributed by atoms with E-state index in [-0.39, 0.29) is 0 Å². The van der Waals surface area contributed by atoms with Crippen LogP contribution in [0.1, 0.15) is 55.6 Å². The van der Waals surface area contributed by atoms with Gasteiger partial charge in [0.25, 0.3) is 0 Å². The fraction of sp³-hybridized carbons (Fsp3) is 0.379. The van der Waals surface area contributed by atoms with Gasteiger partial charge in [0, 0.05) is 3.57 Å². The molecule has 0 N–H and O–H groups in total. The molecule has 0 atom stereocenters. The molecule has 33 heavy (non-hydrogen) atoms. The fourth-order valence-electron chi connectivity index (χ4n) is 4.73. The molecule has 0 fully saturated rings. The minimum atomic E-state index is -0.750. The maximum absolute atomic E-state index is 4.81. The first-order chi connectivity index (χ1) is 15.2. The Morgan fingerprint density at radius 1 is 0.485 bits per heavy atom. The number of rotatable bonds is 2. The zero-order valence-corrected chi connectivity index (χ0v) is 25.7. The van der Waals surface area contributed by atoms with E-state index in [1.165, 1.54) is 81.5 Å². The smallest absolute Gasteiger partial charge is 0.0874 e. The van der Waals surface area contributed by atoms with E-state index in [2.05, 4.69) is 110 Å². The molecule has 0 saturated heterocycles. The second kappa shape index (κ2) is 11.3. The molecule has 0 bridgehead atoms. The Labute approximate surface area is 229 Å². The minimum absolute atomic E-state index is 0.750. The van der Waals surface area contributed by atoms with Crippen molar-refractivity contribution >= 4 is 57.4 Å². The number of alkyl halides is 3. The van der Waals surface area contributed by atoms with Gasteiger partial charge in [-0.05, 0) is 170 Å². The topological polar surface area (TPSA) is 0 Å². The summed E-state index contributed by atoms with van der Waals surface area (Å²) in [5.74, 6) is 0. The van der Waals surface area contributed by atoms with Crippen LogP contribution in [0.25, 0.3) is 22.3 Å². The van der Waals surface area contributed by atoms with Gasteiger partial charge in [-0.25, -0.2) is 0 Å². The lowest BCUT2D eigenvalue weighted by Crippen LogP contribution is -2.03. The standard InChI is InChI=1S/C28H33I.CHCl3/c1-14-16(3)20(7)26(21(8)17(14)4)24-12-11-13-25(28(24)29)27-22(9)18(5)15(2)19(6)23(27)10;2-1(3)4/h11-13H,1-10H3;1H. The van der Waals surface area contributed by atoms with Gasteiger partial charge in [0.05, 0.1) is 0 Å². The molecule has 0 aliphatic carbocycles. The van der Waals surface area contributed by atoms with Gasteiger partial charge in [0.2, 0.25) is 0 Å². The first kappa shape index (κ1) is 28.5. The molecule has 0 aromatic heterocycles. The Morgan fingerprint density at radius 2 is 0.697 bits per heavy atom. The summed E-state index contributed by atoms with van der Waals surface area (Å²) in [5, 5.41) is 0. The lowest BCUT2D eigenvalue weighted by molar-refractivity contribution is 1.17. The number of benzene rings is 3. The molecule has 178 valence electrons. The Bertz CT molecular complexity index is 1060. The van der Waals surface area contributed by atoms with E-state index in [9.17, 15) is 0 Å². The average Bonchev–Trinajstić information content (AvgIpc) is 2.75. The maximum Gasteiger partial charge on any atom is 0.180 e. The van der Waals surface area contributed by atoms with E-state index >= 15 is 0 Å². The zero-order valence-electron chi connectivity index (χ0n) is 21.3. The van der Waals surface area contributed by atoms with Gasteiger partial charge in [0.1, 0.15) is 0 Å². The Morgan fingerprint density at radius 3 is 0.939 bits per heavy atom. The third-order valence-electron chi connectivity index (χ3n) is 7.54. The van der Waals surface area contributed by atoms with E-state index in [4.69, 9.17) is 34.8 Å². The van der Waals surface area contributed by atoms with Gasteiger partial charge in [-0.15, -0.1) is 0 Å². The van der Waals surface area contributed by atoms with Gasteiger partial charge in [-0.2, -0.15) is 0 Å². The highest BCUT2D eigenvalue weighted by atomic mass is 127. The predicted octanol–water partition coefficient (Wildman–Crippen LogP) is 10.7. The van der Waals surface area contributed by atoms with Crippen LogP contribution in [-0.2, 0) is 0 Å². The lowest BCUT2D eigenvalue weighted by Gasteiger charge is -2.23. The first-order valence-electron chi connectivity index (χ1n) is 11.1. The van der Waals surface area contributed by atoms with E-state index in [1.54, 1.807) is 0 Å². The van der Waals surface area contributed by atoms with Crippen LogP contribution in [0.3, 0.4) is 0 Å². The van der Waals surface area contributed by atoms with E-state index in [1.807, 2.05) is 0 Å². The van der Waals surface area contributed by atoms with Gasteiger partial charge < -0.3 is 0 Å². The lowest BCUT2D eigenvalue weighted by atomic mass is 9.83. The van der Waals surface area contributed by atoms with E-state index in [0.717, 1.165) is 0 Å². The SMILES string of the molecule is Cc1c(C)c(C)c(-c2cccc(-c3c(C)c(C)c(C)c(C)c3C)c2I)c(C)c1C.ClC(Cl)Cl. The van der Waals surface area contributed by atoms with Crippen LogP contribution in [0.2, 0.25) is 0 Å². The van der Waals surface area contributed by atoms with Crippen molar-refractivity contribution in [2.75, 3.05) is 0 Å². The molecular weight excluding hydrogens is 582 g/mol. The summed E-state index contributed by atoms with van der Waals surface area (Å²) in [4.78, 5) is 0. The molecule has 0 aliphatic rings. The normalized spacial score (nSPS) is 11.0. The average molecular weight is 616 g/mol. The number of hydrogen-bond donors (Lipinski definition) is 0. The van der Waals surface area contributed by atoms with Crippen LogP contribution in [0.5, 0.6) is 0 Å². The van der Waals surface area contributed by atoms with Crippen LogP contribution in [0.15, 0.2) is 18.2 Å². The van der Waals surface area contributed by atoms with Crippen molar-refractivity contribution in [1.29, 1.82) is 0 Å². The highest BCUT2D eigenvalue weighted by Gasteiger charge is 2.20. The molecule has 0 nitrogen and oxygen atoms in total. The predicted molar refractivity (Wildman–Crippen MR) is 159 cm³/mol. The van der Waals surface area contributed by atoms with Crippen molar-refractivity contribution in [1.82, 2.24) is 0 Å². The Balaban J connectivity index is 0.000000890. The van der Waals surface area contributed by atoms with Crippen molar-refractivity contribution in [3.63, 3.8) is 0 Å². The summed E-state index contributed by atoms with van der Waals surface area (Å²) >= 11 is 17.0. The quantitative estimate of drug-likeness (QED) is 0.199. The Kier molecular flexibility index (Phi) is 9.79. The molecule has 3 aromatic carbocycles. The molecule has 0 unspecified atom stereocenters. The largest absolute Gasteiger partial charge is 0.180 e. The molecule has 3 aromatic rings. The highest BCUT2D eigenvalue weighted by Crippen LogP contribution is 2.42. The van der Waals surface area contributed by atoms with Crippen LogP contribution >= 0.6 is 57.4 Å². The summed E-state index contributed by atoms with van der Waals surface area (Å²) in [5.41, 5.74) is 19.7. The summed E-state index contributed by atoms with van der Waals surface area (Å²) in [6.07, 6.45) is 0. The van der Waals surface area contributed by atoms with Crippen LogP contribution in [0.4, 0.5) is 0 Å². The second-order valence-electron chi connectivity index (χ2n) is 8.91. The molecule has 0 heterocycles. The fourth-order valence-corrected chi connectivity index (χ4v) is 5.63. The highest BCUT2D eigenvalue weighted by molar-refractivity contribution is 14.1. The van der Waals surface area contributed by atoms with Gasteiger partial charge in [0.15, 0.2) is 4.30 Å². The third kappa shape index (κ3) is 5.58. The van der Waals surface area contributed by atoms with Crippen molar-refractivity contribution < 1.29 is 0 Å². The third-order valence-corrected chi connectivity index (χ3v) is 8.70. The first-order valence-corrected chi connectivity index (χ1v) is 13.5. The molecule has 0 spiro atoms. The zero-order chi connectivity index (χ0) is 25.4. The summed E-state index contributed by atoms with van der Waals surface area (Å²) < 4.78 is 0.604. The molecule has 3 rings (SSSR count). The van der Waals surface area contributed by atoms with Crippen molar-refractivity contribution in [2.45, 2.75) is 73.5 Å². The molecule has 0 radical (unpaired) electrons. The summed E-state index contributed by atoms with van der Waals surface area (Å²) in [6.45, 7) is 22.7. The van der Waals surface area contributed by atoms with Gasteiger partial charge in [-0.1, -0.05) is 53.0 Å². The molecular formula is C29H34Cl3I. The van der Waals surface area contributed by atoms with Crippen molar-refractivity contribution in [3.8, 4) is 22.3 Å². The van der Waals surface area contributed by atoms with Gasteiger partial charge >= 0.3 is 0 Å². The molecule has 0 saturated carbocycles. The van der Waals surface area contributed by atoms with E-state index in [0.29, 0.717) is 0 Å². The minimum Gasteiger partial charge on any atom is -0.0874 e. The Hall–Kier alpha value is -0.740. The summed E-state index contributed by atoms with van der Waals surface area (Å²) in [6, 6.07) is 6.83. The molecule has 0 amide bonds. The summed E-state index contributed by atoms with van der Waals surface area (Å²) in [7, 11) is 0. The number of halogens is 4. The second-order valence-corrected chi connectivity index (χ2v) is 12.0. The van der Waals surface area contributed by atoms with Crippen molar-refractivity contribution in [2.24, 2.45) is 0 Å². The van der Waals surface area contributed by atoms with Crippen LogP contribution < -0.4 is 0 Å². The molecule has 4 heteroatoms. The van der Waals surface area contributed by atoms with Crippen molar-refractivity contribution in [3.05, 3.63) is 77.4 Å². The van der Waals surface area contributed by atoms with E-state index < -0.39 is 4.30 Å². The van der Waals surface area contributed by atoms with Crippen LogP contribution in [0, 0.1) is 72.8 Å². The maximum atomic E-state index is 4.81. The van der Waals surface area contributed by atoms with Gasteiger partial charge in [-0.3, -0.25) is 0 Å². The molecule has 0 aliphatic heterocycles. The number of hydrogen-bond acceptors (Lipinski definition) is 0. The van der Waals surface area contributed by atoms with Crippen LogP contribution in [-0.4, -0.2) is 4.30 Å². The monoisotopic (exact) mass is 614 g/mol.